The van der Waals surface area contributed by atoms with Crippen LogP contribution in [0.4, 0.5) is 5.69 Å². The summed E-state index contributed by atoms with van der Waals surface area (Å²) in [6, 6.07) is 25.2. The highest BCUT2D eigenvalue weighted by atomic mass is 16.7. The van der Waals surface area contributed by atoms with E-state index < -0.39 is 0 Å². The summed E-state index contributed by atoms with van der Waals surface area (Å²) < 4.78 is 16.6. The molecule has 0 fully saturated rings. The molecule has 0 spiro atoms. The van der Waals surface area contributed by atoms with Crippen LogP contribution in [-0.2, 0) is 27.4 Å². The van der Waals surface area contributed by atoms with E-state index in [4.69, 9.17) is 14.2 Å². The van der Waals surface area contributed by atoms with Crippen molar-refractivity contribution in [1.82, 2.24) is 5.32 Å². The Morgan fingerprint density at radius 2 is 1.61 bits per heavy atom. The van der Waals surface area contributed by atoms with E-state index in [0.717, 1.165) is 12.0 Å². The number of amides is 2. The third-order valence-electron chi connectivity index (χ3n) is 6.19. The molecule has 0 aliphatic rings. The summed E-state index contributed by atoms with van der Waals surface area (Å²) in [6.07, 6.45) is 3.15. The molecule has 0 saturated heterocycles. The van der Waals surface area contributed by atoms with E-state index in [2.05, 4.69) is 22.8 Å². The number of carbonyl (C=O) groups excluding carboxylic acids is 2. The fraction of sp³-hybridized carbons (Fsp3) is 0.355. The average Bonchev–Trinajstić information content (AvgIpc) is 2.95. The van der Waals surface area contributed by atoms with Gasteiger partial charge in [-0.2, -0.15) is 0 Å². The molecule has 0 aliphatic heterocycles. The van der Waals surface area contributed by atoms with Crippen molar-refractivity contribution in [1.29, 1.82) is 0 Å². The zero-order valence-electron chi connectivity index (χ0n) is 22.3. The lowest BCUT2D eigenvalue weighted by atomic mass is 9.98. The quantitative estimate of drug-likeness (QED) is 0.236. The summed E-state index contributed by atoms with van der Waals surface area (Å²) in [7, 11) is 1.56. The van der Waals surface area contributed by atoms with Gasteiger partial charge in [0.15, 0.2) is 6.79 Å². The van der Waals surface area contributed by atoms with Gasteiger partial charge in [-0.25, -0.2) is 0 Å². The first-order valence-electron chi connectivity index (χ1n) is 13.1. The Hall–Kier alpha value is -3.84. The van der Waals surface area contributed by atoms with Gasteiger partial charge in [0.2, 0.25) is 11.8 Å². The smallest absolute Gasteiger partial charge is 0.227 e. The molecule has 0 radical (unpaired) electrons. The van der Waals surface area contributed by atoms with Crippen LogP contribution < -0.4 is 20.1 Å². The molecule has 0 aromatic heterocycles. The van der Waals surface area contributed by atoms with Crippen LogP contribution in [-0.4, -0.2) is 32.3 Å². The zero-order chi connectivity index (χ0) is 27.0. The van der Waals surface area contributed by atoms with E-state index in [9.17, 15) is 9.59 Å². The van der Waals surface area contributed by atoms with E-state index in [1.165, 1.54) is 5.56 Å². The molecule has 2 N–H and O–H groups in total. The van der Waals surface area contributed by atoms with Crippen LogP contribution in [0.1, 0.15) is 43.7 Å². The predicted molar refractivity (Wildman–Crippen MR) is 149 cm³/mol. The third kappa shape index (κ3) is 9.90. The molecule has 7 nitrogen and oxygen atoms in total. The molecule has 3 rings (SSSR count). The van der Waals surface area contributed by atoms with Gasteiger partial charge in [0.1, 0.15) is 18.1 Å². The minimum atomic E-state index is -0.210. The van der Waals surface area contributed by atoms with Crippen LogP contribution in [0, 0.1) is 5.92 Å². The highest BCUT2D eigenvalue weighted by molar-refractivity contribution is 5.94. The van der Waals surface area contributed by atoms with Crippen LogP contribution in [0.2, 0.25) is 0 Å². The normalized spacial score (nSPS) is 11.4. The van der Waals surface area contributed by atoms with Crippen LogP contribution in [0.3, 0.4) is 0 Å². The first-order valence-corrected chi connectivity index (χ1v) is 13.1. The van der Waals surface area contributed by atoms with Gasteiger partial charge in [0.05, 0.1) is 5.69 Å². The second-order valence-corrected chi connectivity index (χ2v) is 9.06. The molecule has 3 aromatic carbocycles. The largest absolute Gasteiger partial charge is 0.487 e. The Kier molecular flexibility index (Phi) is 12.2. The minimum Gasteiger partial charge on any atom is -0.487 e. The number of anilines is 1. The summed E-state index contributed by atoms with van der Waals surface area (Å²) in [4.78, 5) is 25.4. The number of methoxy groups -OCH3 is 1. The van der Waals surface area contributed by atoms with E-state index in [1.54, 1.807) is 25.3 Å². The van der Waals surface area contributed by atoms with Crippen LogP contribution in [0.25, 0.3) is 0 Å². The number of rotatable bonds is 16. The summed E-state index contributed by atoms with van der Waals surface area (Å²) >= 11 is 0. The van der Waals surface area contributed by atoms with E-state index in [1.807, 2.05) is 55.5 Å². The van der Waals surface area contributed by atoms with E-state index in [0.29, 0.717) is 56.0 Å². The van der Waals surface area contributed by atoms with Crippen molar-refractivity contribution < 1.29 is 23.8 Å². The first kappa shape index (κ1) is 28.7. The van der Waals surface area contributed by atoms with Crippen LogP contribution in [0.5, 0.6) is 11.5 Å². The second kappa shape index (κ2) is 16.1. The Labute approximate surface area is 225 Å². The maximum absolute atomic E-state index is 13.1. The number of carbonyl (C=O) groups is 2. The Morgan fingerprint density at radius 1 is 0.895 bits per heavy atom. The van der Waals surface area contributed by atoms with Gasteiger partial charge in [-0.05, 0) is 48.9 Å². The number of ether oxygens (including phenoxy) is 3. The van der Waals surface area contributed by atoms with E-state index >= 15 is 0 Å². The zero-order valence-corrected chi connectivity index (χ0v) is 22.3. The molecule has 2 amide bonds. The first-order chi connectivity index (χ1) is 18.6. The van der Waals surface area contributed by atoms with E-state index in [-0.39, 0.29) is 24.5 Å². The molecule has 0 aliphatic carbocycles. The SMILES string of the molecule is CCC(CCCC(=O)NCCc1ccccc1)C(=O)Nc1ccc(OCOC)cc1OCc1ccccc1. The molecule has 1 unspecified atom stereocenters. The molecule has 3 aromatic rings. The van der Waals surface area contributed by atoms with Gasteiger partial charge >= 0.3 is 0 Å². The molecular weight excluding hydrogens is 480 g/mol. The van der Waals surface area contributed by atoms with Crippen molar-refractivity contribution in [2.24, 2.45) is 5.92 Å². The molecule has 202 valence electrons. The van der Waals surface area contributed by atoms with Crippen molar-refractivity contribution in [2.45, 2.75) is 45.6 Å². The molecule has 7 heteroatoms. The lowest BCUT2D eigenvalue weighted by Gasteiger charge is -2.18. The van der Waals surface area contributed by atoms with Gasteiger partial charge in [-0.3, -0.25) is 9.59 Å². The third-order valence-corrected chi connectivity index (χ3v) is 6.19. The second-order valence-electron chi connectivity index (χ2n) is 9.06. The fourth-order valence-electron chi connectivity index (χ4n) is 4.02. The van der Waals surface area contributed by atoms with Gasteiger partial charge in [0, 0.05) is 32.1 Å². The Bertz CT molecular complexity index is 1120. The molecular formula is C31H38N2O5. The minimum absolute atomic E-state index is 0.0134. The number of hydrogen-bond donors (Lipinski definition) is 2. The van der Waals surface area contributed by atoms with Gasteiger partial charge < -0.3 is 24.8 Å². The number of hydrogen-bond acceptors (Lipinski definition) is 5. The molecule has 0 heterocycles. The lowest BCUT2D eigenvalue weighted by molar-refractivity contribution is -0.122. The standard InChI is InChI=1S/C31H38N2O5/c1-3-26(15-10-16-30(34)32-20-19-24-11-6-4-7-12-24)31(35)33-28-18-17-27(38-23-36-2)21-29(28)37-22-25-13-8-5-9-14-25/h4-9,11-14,17-18,21,26H,3,10,15-16,19-20,22-23H2,1-2H3,(H,32,34)(H,33,35). The topological polar surface area (TPSA) is 85.9 Å². The van der Waals surface area contributed by atoms with Crippen molar-refractivity contribution in [2.75, 3.05) is 25.8 Å². The summed E-state index contributed by atoms with van der Waals surface area (Å²) in [6.45, 7) is 3.06. The van der Waals surface area contributed by atoms with Gasteiger partial charge in [-0.1, -0.05) is 67.6 Å². The highest BCUT2D eigenvalue weighted by Gasteiger charge is 2.19. The Morgan fingerprint density at radius 3 is 2.29 bits per heavy atom. The van der Waals surface area contributed by atoms with Crippen molar-refractivity contribution in [3.63, 3.8) is 0 Å². The van der Waals surface area contributed by atoms with Gasteiger partial charge in [0.25, 0.3) is 0 Å². The molecule has 0 bridgehead atoms. The van der Waals surface area contributed by atoms with Crippen LogP contribution in [0.15, 0.2) is 78.9 Å². The average molecular weight is 519 g/mol. The number of nitrogens with one attached hydrogen (secondary N) is 2. The summed E-state index contributed by atoms with van der Waals surface area (Å²) in [5.74, 6) is 0.812. The predicted octanol–water partition coefficient (Wildman–Crippen LogP) is 5.74. The summed E-state index contributed by atoms with van der Waals surface area (Å²) in [5.41, 5.74) is 2.79. The maximum atomic E-state index is 13.1. The fourth-order valence-corrected chi connectivity index (χ4v) is 4.02. The molecule has 0 saturated carbocycles. The lowest BCUT2D eigenvalue weighted by Crippen LogP contribution is -2.26. The molecule has 38 heavy (non-hydrogen) atoms. The highest BCUT2D eigenvalue weighted by Crippen LogP contribution is 2.31. The Balaban J connectivity index is 1.51. The van der Waals surface area contributed by atoms with Crippen molar-refractivity contribution >= 4 is 17.5 Å². The maximum Gasteiger partial charge on any atom is 0.227 e. The summed E-state index contributed by atoms with van der Waals surface area (Å²) in [5, 5.41) is 5.99. The van der Waals surface area contributed by atoms with Gasteiger partial charge in [-0.15, -0.1) is 0 Å². The van der Waals surface area contributed by atoms with Crippen molar-refractivity contribution in [3.8, 4) is 11.5 Å². The molecule has 1 atom stereocenters. The number of benzene rings is 3. The monoisotopic (exact) mass is 518 g/mol. The van der Waals surface area contributed by atoms with Crippen molar-refractivity contribution in [3.05, 3.63) is 90.0 Å². The van der Waals surface area contributed by atoms with Crippen LogP contribution >= 0.6 is 0 Å².